The molecule has 0 radical (unpaired) electrons. The van der Waals surface area contributed by atoms with Crippen LogP contribution in [0.3, 0.4) is 0 Å². The van der Waals surface area contributed by atoms with E-state index in [1.807, 2.05) is 6.92 Å². The number of nitrogens with one attached hydrogen (secondary N) is 2. The van der Waals surface area contributed by atoms with Gasteiger partial charge in [0.05, 0.1) is 0 Å². The van der Waals surface area contributed by atoms with E-state index in [9.17, 15) is 9.59 Å². The predicted molar refractivity (Wildman–Crippen MR) is 84.8 cm³/mol. The number of aromatic nitrogens is 2. The van der Waals surface area contributed by atoms with Crippen LogP contribution in [0, 0.1) is 0 Å². The van der Waals surface area contributed by atoms with E-state index in [-0.39, 0.29) is 11.4 Å². The molecule has 1 fully saturated rings. The third-order valence-corrected chi connectivity index (χ3v) is 4.63. The van der Waals surface area contributed by atoms with Crippen molar-refractivity contribution in [1.29, 1.82) is 0 Å². The largest absolute Gasteiger partial charge is 0.383 e. The van der Waals surface area contributed by atoms with Crippen LogP contribution < -0.4 is 22.3 Å². The Morgan fingerprint density at radius 1 is 1.33 bits per heavy atom. The molecule has 0 bridgehead atoms. The van der Waals surface area contributed by atoms with Crippen molar-refractivity contribution in [2.75, 3.05) is 31.7 Å². The summed E-state index contributed by atoms with van der Waals surface area (Å²) in [6.45, 7) is 2.89. The molecule has 0 unspecified atom stereocenters. The summed E-state index contributed by atoms with van der Waals surface area (Å²) in [5.74, 6) is 0.207. The average Bonchev–Trinajstić information content (AvgIpc) is 2.88. The van der Waals surface area contributed by atoms with E-state index in [1.165, 1.54) is 17.4 Å². The Bertz CT molecular complexity index is 611. The molecule has 1 saturated carbocycles. The minimum absolute atomic E-state index is 0.0477. The van der Waals surface area contributed by atoms with Gasteiger partial charge in [-0.1, -0.05) is 12.8 Å². The molecule has 4 N–H and O–H groups in total. The number of hydrogen-bond acceptors (Lipinski definition) is 5. The minimum Gasteiger partial charge on any atom is -0.383 e. The van der Waals surface area contributed by atoms with Gasteiger partial charge in [0.15, 0.2) is 0 Å². The second-order valence-electron chi connectivity index (χ2n) is 5.94. The van der Waals surface area contributed by atoms with Gasteiger partial charge >= 0.3 is 5.69 Å². The summed E-state index contributed by atoms with van der Waals surface area (Å²) in [5, 5.41) is 3.18. The molecule has 1 aromatic heterocycles. The van der Waals surface area contributed by atoms with Crippen LogP contribution in [0.1, 0.15) is 32.6 Å². The van der Waals surface area contributed by atoms with Gasteiger partial charge in [0.25, 0.3) is 5.56 Å². The Labute approximate surface area is 124 Å². The zero-order chi connectivity index (χ0) is 15.6. The van der Waals surface area contributed by atoms with E-state index in [0.717, 1.165) is 12.8 Å². The molecule has 1 aliphatic rings. The quantitative estimate of drug-likeness (QED) is 0.732. The number of nitrogens with two attached hydrogens (primary N) is 1. The Morgan fingerprint density at radius 3 is 2.48 bits per heavy atom. The first kappa shape index (κ1) is 15.6. The van der Waals surface area contributed by atoms with Gasteiger partial charge in [0.1, 0.15) is 11.5 Å². The van der Waals surface area contributed by atoms with Crippen LogP contribution in [0.5, 0.6) is 0 Å². The molecule has 0 aromatic carbocycles. The van der Waals surface area contributed by atoms with Crippen molar-refractivity contribution >= 4 is 11.5 Å². The van der Waals surface area contributed by atoms with E-state index in [2.05, 4.69) is 29.3 Å². The maximum Gasteiger partial charge on any atom is 0.330 e. The highest BCUT2D eigenvalue weighted by Crippen LogP contribution is 2.33. The molecule has 0 aliphatic heterocycles. The fourth-order valence-corrected chi connectivity index (χ4v) is 3.14. The number of H-pyrrole nitrogens is 1. The highest BCUT2D eigenvalue weighted by molar-refractivity contribution is 5.60. The number of anilines is 2. The van der Waals surface area contributed by atoms with Crippen LogP contribution in [0.25, 0.3) is 0 Å². The molecule has 1 aromatic rings. The zero-order valence-corrected chi connectivity index (χ0v) is 13.0. The molecule has 0 atom stereocenters. The van der Waals surface area contributed by atoms with E-state index in [1.54, 1.807) is 0 Å². The van der Waals surface area contributed by atoms with E-state index < -0.39 is 11.2 Å². The normalized spacial score (nSPS) is 17.3. The molecule has 0 spiro atoms. The summed E-state index contributed by atoms with van der Waals surface area (Å²) in [5.41, 5.74) is 5.40. The molecule has 0 amide bonds. The Hall–Kier alpha value is -1.76. The van der Waals surface area contributed by atoms with Crippen molar-refractivity contribution in [3.63, 3.8) is 0 Å². The molecule has 7 nitrogen and oxygen atoms in total. The first-order valence-corrected chi connectivity index (χ1v) is 7.45. The van der Waals surface area contributed by atoms with Crippen molar-refractivity contribution in [3.05, 3.63) is 20.8 Å². The first-order valence-electron chi connectivity index (χ1n) is 7.45. The van der Waals surface area contributed by atoms with Gasteiger partial charge in [-0.15, -0.1) is 0 Å². The molecule has 21 heavy (non-hydrogen) atoms. The molecule has 0 saturated heterocycles. The Kier molecular flexibility index (Phi) is 4.41. The lowest BCUT2D eigenvalue weighted by molar-refractivity contribution is 0.172. The maximum absolute atomic E-state index is 12.0. The minimum atomic E-state index is -0.464. The van der Waals surface area contributed by atoms with Crippen LogP contribution in [0.4, 0.5) is 11.5 Å². The molecule has 118 valence electrons. The highest BCUT2D eigenvalue weighted by Gasteiger charge is 2.36. The van der Waals surface area contributed by atoms with E-state index in [4.69, 9.17) is 5.73 Å². The SMILES string of the molecule is CCn1c(N)c(NCC2(N(C)C)CCCC2)c(=O)[nH]c1=O. The van der Waals surface area contributed by atoms with E-state index in [0.29, 0.717) is 18.8 Å². The number of hydrogen-bond donors (Lipinski definition) is 3. The van der Waals surface area contributed by atoms with Gasteiger partial charge in [-0.25, -0.2) is 4.79 Å². The number of nitrogens with zero attached hydrogens (tertiary/aromatic N) is 2. The van der Waals surface area contributed by atoms with Crippen LogP contribution in [0.15, 0.2) is 9.59 Å². The highest BCUT2D eigenvalue weighted by atomic mass is 16.2. The van der Waals surface area contributed by atoms with Crippen molar-refractivity contribution in [1.82, 2.24) is 14.5 Å². The molecule has 1 heterocycles. The van der Waals surface area contributed by atoms with Crippen molar-refractivity contribution in [3.8, 4) is 0 Å². The molecular formula is C14H25N5O2. The number of nitrogen functional groups attached to an aromatic ring is 1. The van der Waals surface area contributed by atoms with Gasteiger partial charge in [-0.2, -0.15) is 0 Å². The zero-order valence-electron chi connectivity index (χ0n) is 13.0. The molecule has 2 rings (SSSR count). The summed E-state index contributed by atoms with van der Waals surface area (Å²) in [7, 11) is 4.13. The standard InChI is InChI=1S/C14H25N5O2/c1-4-19-11(15)10(12(20)17-13(19)21)16-9-14(18(2)3)7-5-6-8-14/h16H,4-9,15H2,1-3H3,(H,17,20,21). The lowest BCUT2D eigenvalue weighted by atomic mass is 9.96. The van der Waals surface area contributed by atoms with Gasteiger partial charge in [0, 0.05) is 18.6 Å². The molecular weight excluding hydrogens is 270 g/mol. The molecule has 7 heteroatoms. The number of aromatic amines is 1. The smallest absolute Gasteiger partial charge is 0.330 e. The van der Waals surface area contributed by atoms with Crippen molar-refractivity contribution in [2.45, 2.75) is 44.7 Å². The summed E-state index contributed by atoms with van der Waals surface area (Å²) < 4.78 is 1.36. The maximum atomic E-state index is 12.0. The fraction of sp³-hybridized carbons (Fsp3) is 0.714. The monoisotopic (exact) mass is 295 g/mol. The summed E-state index contributed by atoms with van der Waals surface area (Å²) in [6.07, 6.45) is 4.58. The van der Waals surface area contributed by atoms with Crippen molar-refractivity contribution < 1.29 is 0 Å². The predicted octanol–water partition coefficient (Wildman–Crippen LogP) is 0.425. The topological polar surface area (TPSA) is 96.2 Å². The second-order valence-corrected chi connectivity index (χ2v) is 5.94. The van der Waals surface area contributed by atoms with Gasteiger partial charge < -0.3 is 16.0 Å². The van der Waals surface area contributed by atoms with Crippen LogP contribution in [-0.4, -0.2) is 40.6 Å². The average molecular weight is 295 g/mol. The van der Waals surface area contributed by atoms with Gasteiger partial charge in [-0.3, -0.25) is 14.3 Å². The van der Waals surface area contributed by atoms with Crippen LogP contribution in [-0.2, 0) is 6.54 Å². The van der Waals surface area contributed by atoms with Crippen LogP contribution in [0.2, 0.25) is 0 Å². The lowest BCUT2D eigenvalue weighted by Crippen LogP contribution is -2.48. The van der Waals surface area contributed by atoms with Crippen molar-refractivity contribution in [2.24, 2.45) is 0 Å². The summed E-state index contributed by atoms with van der Waals surface area (Å²) >= 11 is 0. The Morgan fingerprint density at radius 2 is 1.95 bits per heavy atom. The Balaban J connectivity index is 2.28. The summed E-state index contributed by atoms with van der Waals surface area (Å²) in [6, 6.07) is 0. The second kappa shape index (κ2) is 5.93. The third-order valence-electron chi connectivity index (χ3n) is 4.63. The van der Waals surface area contributed by atoms with Crippen LogP contribution >= 0.6 is 0 Å². The first-order chi connectivity index (χ1) is 9.91. The van der Waals surface area contributed by atoms with Gasteiger partial charge in [0.2, 0.25) is 0 Å². The lowest BCUT2D eigenvalue weighted by Gasteiger charge is -2.36. The summed E-state index contributed by atoms with van der Waals surface area (Å²) in [4.78, 5) is 28.2. The fourth-order valence-electron chi connectivity index (χ4n) is 3.14. The third kappa shape index (κ3) is 2.83. The number of likely N-dealkylation sites (N-methyl/N-ethyl adjacent to an activating group) is 1. The number of rotatable bonds is 5. The van der Waals surface area contributed by atoms with E-state index >= 15 is 0 Å². The van der Waals surface area contributed by atoms with Gasteiger partial charge in [-0.05, 0) is 33.9 Å². The molecule has 1 aliphatic carbocycles.